The van der Waals surface area contributed by atoms with Gasteiger partial charge in [0.1, 0.15) is 0 Å². The zero-order valence-electron chi connectivity index (χ0n) is 24.6. The average molecular weight is 576 g/mol. The average Bonchev–Trinajstić information content (AvgIpc) is 3.13. The van der Waals surface area contributed by atoms with Crippen LogP contribution in [0, 0.1) is 0 Å². The fourth-order valence-electron chi connectivity index (χ4n) is 6.43. The first-order valence-corrected chi connectivity index (χ1v) is 15.2. The van der Waals surface area contributed by atoms with E-state index in [-0.39, 0.29) is 5.56 Å². The first kappa shape index (κ1) is 26.6. The summed E-state index contributed by atoms with van der Waals surface area (Å²) in [6.07, 6.45) is 0. The Morgan fingerprint density at radius 1 is 0.356 bits per heavy atom. The van der Waals surface area contributed by atoms with Gasteiger partial charge in [0.2, 0.25) is 0 Å². The summed E-state index contributed by atoms with van der Waals surface area (Å²) in [6.45, 7) is 0. The maximum Gasteiger partial charge on any atom is 0.264 e. The van der Waals surface area contributed by atoms with Crippen molar-refractivity contribution in [2.24, 2.45) is 0 Å². The molecular weight excluding hydrogens is 546 g/mol. The molecule has 0 aliphatic carbocycles. The van der Waals surface area contributed by atoms with Crippen molar-refractivity contribution in [1.29, 1.82) is 0 Å². The van der Waals surface area contributed by atoms with Gasteiger partial charge in [0.05, 0.1) is 10.9 Å². The molecule has 8 aromatic rings. The zero-order chi connectivity index (χ0) is 30.2. The van der Waals surface area contributed by atoms with Crippen LogP contribution in [0.15, 0.2) is 181 Å². The zero-order valence-corrected chi connectivity index (χ0v) is 24.6. The second kappa shape index (κ2) is 11.3. The van der Waals surface area contributed by atoms with Crippen LogP contribution in [0.5, 0.6) is 0 Å². The Bertz CT molecular complexity index is 2300. The summed E-state index contributed by atoms with van der Waals surface area (Å²) < 4.78 is 1.86. The van der Waals surface area contributed by atoms with Gasteiger partial charge in [0.15, 0.2) is 0 Å². The molecule has 0 spiro atoms. The van der Waals surface area contributed by atoms with Crippen LogP contribution in [-0.2, 0) is 0 Å². The van der Waals surface area contributed by atoms with Gasteiger partial charge < -0.3 is 0 Å². The second-order valence-electron chi connectivity index (χ2n) is 11.3. The van der Waals surface area contributed by atoms with Crippen LogP contribution in [0.2, 0.25) is 0 Å². The molecule has 0 atom stereocenters. The molecule has 1 aromatic heterocycles. The number of nitrogens with zero attached hydrogens (tertiary/aromatic N) is 1. The molecule has 45 heavy (non-hydrogen) atoms. The molecule has 0 saturated carbocycles. The van der Waals surface area contributed by atoms with Gasteiger partial charge in [0.25, 0.3) is 5.56 Å². The van der Waals surface area contributed by atoms with E-state index >= 15 is 0 Å². The molecule has 0 aliphatic heterocycles. The lowest BCUT2D eigenvalue weighted by atomic mass is 9.93. The highest BCUT2D eigenvalue weighted by Gasteiger charge is 2.16. The Morgan fingerprint density at radius 2 is 0.822 bits per heavy atom. The minimum atomic E-state index is -0.0201. The van der Waals surface area contributed by atoms with Crippen molar-refractivity contribution < 1.29 is 0 Å². The summed E-state index contributed by atoms with van der Waals surface area (Å²) in [5.74, 6) is 0. The third kappa shape index (κ3) is 4.83. The molecule has 0 radical (unpaired) electrons. The number of aromatic nitrogens is 1. The summed E-state index contributed by atoms with van der Waals surface area (Å²) in [5, 5.41) is 2.75. The van der Waals surface area contributed by atoms with Gasteiger partial charge >= 0.3 is 0 Å². The number of hydrogen-bond acceptors (Lipinski definition) is 1. The van der Waals surface area contributed by atoms with E-state index < -0.39 is 0 Å². The highest BCUT2D eigenvalue weighted by Crippen LogP contribution is 2.35. The van der Waals surface area contributed by atoms with Gasteiger partial charge in [-0.05, 0) is 86.3 Å². The van der Waals surface area contributed by atoms with E-state index in [1.807, 2.05) is 65.2 Å². The van der Waals surface area contributed by atoms with Crippen molar-refractivity contribution >= 4 is 21.7 Å². The molecule has 7 aromatic carbocycles. The largest absolute Gasteiger partial charge is 0.276 e. The molecule has 0 saturated heterocycles. The minimum absolute atomic E-state index is 0.0201. The molecule has 0 unspecified atom stereocenters. The Kier molecular flexibility index (Phi) is 6.66. The van der Waals surface area contributed by atoms with Crippen molar-refractivity contribution in [2.75, 3.05) is 0 Å². The molecule has 212 valence electrons. The van der Waals surface area contributed by atoms with E-state index in [9.17, 15) is 4.79 Å². The lowest BCUT2D eigenvalue weighted by molar-refractivity contribution is 1.06. The number of benzene rings is 7. The van der Waals surface area contributed by atoms with Gasteiger partial charge in [-0.2, -0.15) is 0 Å². The lowest BCUT2D eigenvalue weighted by Gasteiger charge is -2.16. The van der Waals surface area contributed by atoms with Crippen LogP contribution < -0.4 is 5.56 Å². The van der Waals surface area contributed by atoms with E-state index in [0.717, 1.165) is 49.6 Å². The molecule has 0 amide bonds. The van der Waals surface area contributed by atoms with Crippen LogP contribution in [0.25, 0.3) is 71.9 Å². The molecular formula is C43H29NO. The number of fused-ring (bicyclic) bond motifs is 3. The Hall–Kier alpha value is -5.99. The fourth-order valence-corrected chi connectivity index (χ4v) is 6.43. The molecule has 0 fully saturated rings. The van der Waals surface area contributed by atoms with Crippen LogP contribution in [0.1, 0.15) is 0 Å². The highest BCUT2D eigenvalue weighted by molar-refractivity contribution is 6.11. The van der Waals surface area contributed by atoms with Crippen molar-refractivity contribution in [1.82, 2.24) is 4.57 Å². The van der Waals surface area contributed by atoms with E-state index in [0.29, 0.717) is 0 Å². The first-order valence-electron chi connectivity index (χ1n) is 15.2. The predicted molar refractivity (Wildman–Crippen MR) is 189 cm³/mol. The standard InChI is InChI=1S/C43H29NO/c45-43-42-38(33-17-8-3-9-18-33)20-12-21-40(42)39-19-10-11-22-41(39)44(43)37-25-23-32(24-26-37)36-28-34(30-13-4-1-5-14-30)27-35(29-36)31-15-6-2-7-16-31/h1-29H. The maximum atomic E-state index is 14.5. The Labute approximate surface area is 262 Å². The topological polar surface area (TPSA) is 22.0 Å². The first-order chi connectivity index (χ1) is 22.2. The maximum absolute atomic E-state index is 14.5. The van der Waals surface area contributed by atoms with Crippen molar-refractivity contribution in [2.45, 2.75) is 0 Å². The highest BCUT2D eigenvalue weighted by atomic mass is 16.1. The number of pyridine rings is 1. The van der Waals surface area contributed by atoms with Crippen molar-refractivity contribution in [3.05, 3.63) is 186 Å². The van der Waals surface area contributed by atoms with E-state index in [4.69, 9.17) is 0 Å². The Morgan fingerprint density at radius 3 is 1.40 bits per heavy atom. The lowest BCUT2D eigenvalue weighted by Crippen LogP contribution is -2.19. The summed E-state index contributed by atoms with van der Waals surface area (Å²) in [5.41, 5.74) is 10.6. The van der Waals surface area contributed by atoms with Crippen LogP contribution in [-0.4, -0.2) is 4.57 Å². The van der Waals surface area contributed by atoms with Gasteiger partial charge in [-0.1, -0.05) is 140 Å². The third-order valence-corrected chi connectivity index (χ3v) is 8.61. The van der Waals surface area contributed by atoms with Gasteiger partial charge in [-0.3, -0.25) is 9.36 Å². The summed E-state index contributed by atoms with van der Waals surface area (Å²) in [6, 6.07) is 60.7. The number of para-hydroxylation sites is 1. The SMILES string of the molecule is O=c1c2c(-c3ccccc3)cccc2c2ccccc2n1-c1ccc(-c2cc(-c3ccccc3)cc(-c3ccccc3)c2)cc1. The van der Waals surface area contributed by atoms with Crippen LogP contribution in [0.3, 0.4) is 0 Å². The number of rotatable bonds is 5. The quantitative estimate of drug-likeness (QED) is 0.187. The van der Waals surface area contributed by atoms with Gasteiger partial charge in [-0.25, -0.2) is 0 Å². The Balaban J connectivity index is 1.30. The molecule has 0 N–H and O–H groups in total. The molecule has 0 aliphatic rings. The van der Waals surface area contributed by atoms with Crippen LogP contribution in [0.4, 0.5) is 0 Å². The molecule has 0 bridgehead atoms. The molecule has 1 heterocycles. The minimum Gasteiger partial charge on any atom is -0.276 e. The van der Waals surface area contributed by atoms with Crippen molar-refractivity contribution in [3.63, 3.8) is 0 Å². The smallest absolute Gasteiger partial charge is 0.264 e. The molecule has 2 heteroatoms. The van der Waals surface area contributed by atoms with Crippen LogP contribution >= 0.6 is 0 Å². The van der Waals surface area contributed by atoms with E-state index in [2.05, 4.69) is 115 Å². The van der Waals surface area contributed by atoms with Gasteiger partial charge in [-0.15, -0.1) is 0 Å². The monoisotopic (exact) mass is 575 g/mol. The normalized spacial score (nSPS) is 11.2. The summed E-state index contributed by atoms with van der Waals surface area (Å²) in [4.78, 5) is 14.5. The second-order valence-corrected chi connectivity index (χ2v) is 11.3. The molecule has 8 rings (SSSR count). The third-order valence-electron chi connectivity index (χ3n) is 8.61. The van der Waals surface area contributed by atoms with E-state index in [1.165, 1.54) is 22.3 Å². The van der Waals surface area contributed by atoms with E-state index in [1.54, 1.807) is 0 Å². The molecule has 2 nitrogen and oxygen atoms in total. The predicted octanol–water partition coefficient (Wildman–Crippen LogP) is 10.8. The number of hydrogen-bond donors (Lipinski definition) is 0. The summed E-state index contributed by atoms with van der Waals surface area (Å²) in [7, 11) is 0. The van der Waals surface area contributed by atoms with Gasteiger partial charge in [0, 0.05) is 11.1 Å². The fraction of sp³-hybridized carbons (Fsp3) is 0. The summed E-state index contributed by atoms with van der Waals surface area (Å²) >= 11 is 0. The van der Waals surface area contributed by atoms with Crippen molar-refractivity contribution in [3.8, 4) is 50.2 Å².